The van der Waals surface area contributed by atoms with Crippen LogP contribution in [-0.4, -0.2) is 51.9 Å². The van der Waals surface area contributed by atoms with E-state index < -0.39 is 15.6 Å². The number of amides is 1. The summed E-state index contributed by atoms with van der Waals surface area (Å²) in [7, 11) is -3.08. The van der Waals surface area contributed by atoms with Crippen LogP contribution in [-0.2, 0) is 24.1 Å². The molecule has 7 heteroatoms. The largest absolute Gasteiger partial charge is 0.356 e. The van der Waals surface area contributed by atoms with Gasteiger partial charge in [0.2, 0.25) is 5.91 Å². The molecule has 17 heavy (non-hydrogen) atoms. The molecule has 1 amide bonds. The summed E-state index contributed by atoms with van der Waals surface area (Å²) in [6, 6.07) is 0. The second kappa shape index (κ2) is 5.79. The summed E-state index contributed by atoms with van der Waals surface area (Å²) in [4.78, 5) is 11.3. The lowest BCUT2D eigenvalue weighted by Crippen LogP contribution is -2.34. The van der Waals surface area contributed by atoms with Crippen molar-refractivity contribution < 1.29 is 22.7 Å². The van der Waals surface area contributed by atoms with E-state index in [1.54, 1.807) is 0 Å². The van der Waals surface area contributed by atoms with Gasteiger partial charge in [-0.2, -0.15) is 0 Å². The van der Waals surface area contributed by atoms with Crippen molar-refractivity contribution in [3.8, 4) is 0 Å². The monoisotopic (exact) mass is 265 g/mol. The summed E-state index contributed by atoms with van der Waals surface area (Å²) in [5.74, 6) is -1.01. The van der Waals surface area contributed by atoms with Crippen molar-refractivity contribution in [3.05, 3.63) is 0 Å². The van der Waals surface area contributed by atoms with Crippen LogP contribution in [0, 0.1) is 0 Å². The van der Waals surface area contributed by atoms with Gasteiger partial charge in [-0.05, 0) is 6.92 Å². The Balaban J connectivity index is 2.16. The van der Waals surface area contributed by atoms with Gasteiger partial charge in [-0.25, -0.2) is 8.42 Å². The minimum atomic E-state index is -3.08. The number of ether oxygens (including phenoxy) is 2. The third-order valence-electron chi connectivity index (χ3n) is 2.50. The normalized spacial score (nSPS) is 19.2. The molecule has 0 aliphatic carbocycles. The zero-order chi connectivity index (χ0) is 12.9. The molecule has 1 heterocycles. The van der Waals surface area contributed by atoms with E-state index in [2.05, 4.69) is 5.32 Å². The lowest BCUT2D eigenvalue weighted by Gasteiger charge is -2.22. The van der Waals surface area contributed by atoms with Gasteiger partial charge in [-0.3, -0.25) is 4.79 Å². The maximum Gasteiger partial charge on any atom is 0.221 e. The second-order valence-electron chi connectivity index (χ2n) is 4.31. The van der Waals surface area contributed by atoms with E-state index in [1.807, 2.05) is 6.92 Å². The fourth-order valence-electron chi connectivity index (χ4n) is 1.50. The molecule has 0 aromatic rings. The van der Waals surface area contributed by atoms with Gasteiger partial charge in [-0.1, -0.05) is 0 Å². The van der Waals surface area contributed by atoms with E-state index in [0.29, 0.717) is 26.2 Å². The summed E-state index contributed by atoms with van der Waals surface area (Å²) in [5, 5.41) is 2.64. The molecule has 1 saturated heterocycles. The molecule has 0 saturated carbocycles. The Morgan fingerprint density at radius 1 is 1.35 bits per heavy atom. The maximum atomic E-state index is 11.3. The van der Waals surface area contributed by atoms with Crippen LogP contribution < -0.4 is 5.32 Å². The van der Waals surface area contributed by atoms with E-state index in [4.69, 9.17) is 9.47 Å². The summed E-state index contributed by atoms with van der Waals surface area (Å²) < 4.78 is 32.4. The molecule has 0 aromatic heterocycles. The first kappa shape index (κ1) is 14.4. The Kier molecular flexibility index (Phi) is 4.91. The Morgan fingerprint density at radius 3 is 2.47 bits per heavy atom. The first-order chi connectivity index (χ1) is 7.81. The Morgan fingerprint density at radius 2 is 1.94 bits per heavy atom. The molecule has 0 atom stereocenters. The number of carbonyl (C=O) groups is 1. The van der Waals surface area contributed by atoms with Gasteiger partial charge in [0.05, 0.1) is 19.0 Å². The number of hydrogen-bond acceptors (Lipinski definition) is 5. The highest BCUT2D eigenvalue weighted by atomic mass is 32.2. The van der Waals surface area contributed by atoms with Crippen molar-refractivity contribution in [2.45, 2.75) is 25.6 Å². The highest BCUT2D eigenvalue weighted by molar-refractivity contribution is 7.90. The van der Waals surface area contributed by atoms with Gasteiger partial charge in [0.1, 0.15) is 9.84 Å². The van der Waals surface area contributed by atoms with Gasteiger partial charge in [0.15, 0.2) is 5.79 Å². The van der Waals surface area contributed by atoms with E-state index in [1.165, 1.54) is 0 Å². The first-order valence-electron chi connectivity index (χ1n) is 5.53. The van der Waals surface area contributed by atoms with Gasteiger partial charge < -0.3 is 14.8 Å². The molecule has 0 aromatic carbocycles. The molecular weight excluding hydrogens is 246 g/mol. The summed E-state index contributed by atoms with van der Waals surface area (Å²) >= 11 is 0. The molecule has 0 spiro atoms. The number of hydrogen-bond donors (Lipinski definition) is 1. The van der Waals surface area contributed by atoms with Crippen LogP contribution in [0.25, 0.3) is 0 Å². The van der Waals surface area contributed by atoms with E-state index in [0.717, 1.165) is 6.26 Å². The van der Waals surface area contributed by atoms with E-state index in [-0.39, 0.29) is 18.1 Å². The van der Waals surface area contributed by atoms with Crippen LogP contribution in [0.15, 0.2) is 0 Å². The van der Waals surface area contributed by atoms with Crippen LogP contribution in [0.2, 0.25) is 0 Å². The van der Waals surface area contributed by atoms with Crippen LogP contribution >= 0.6 is 0 Å². The second-order valence-corrected chi connectivity index (χ2v) is 6.57. The van der Waals surface area contributed by atoms with Gasteiger partial charge in [-0.15, -0.1) is 0 Å². The lowest BCUT2D eigenvalue weighted by molar-refractivity contribution is -0.146. The molecule has 100 valence electrons. The van der Waals surface area contributed by atoms with E-state index in [9.17, 15) is 13.2 Å². The Bertz CT molecular complexity index is 359. The minimum Gasteiger partial charge on any atom is -0.356 e. The van der Waals surface area contributed by atoms with Crippen molar-refractivity contribution in [2.24, 2.45) is 0 Å². The van der Waals surface area contributed by atoms with Gasteiger partial charge in [0.25, 0.3) is 0 Å². The highest BCUT2D eigenvalue weighted by Gasteiger charge is 2.30. The number of carbonyl (C=O) groups excluding carboxylic acids is 1. The van der Waals surface area contributed by atoms with Crippen LogP contribution in [0.4, 0.5) is 0 Å². The summed E-state index contributed by atoms with van der Waals surface area (Å²) in [6.45, 7) is 3.37. The molecule has 1 N–H and O–H groups in total. The molecule has 1 aliphatic heterocycles. The van der Waals surface area contributed by atoms with Gasteiger partial charge in [0, 0.05) is 25.6 Å². The fraction of sp³-hybridized carbons (Fsp3) is 0.900. The zero-order valence-electron chi connectivity index (χ0n) is 10.2. The molecule has 6 nitrogen and oxygen atoms in total. The predicted molar refractivity (Wildman–Crippen MR) is 62.3 cm³/mol. The van der Waals surface area contributed by atoms with E-state index >= 15 is 0 Å². The Labute approximate surface area is 102 Å². The van der Waals surface area contributed by atoms with Gasteiger partial charge >= 0.3 is 0 Å². The number of nitrogens with one attached hydrogen (secondary N) is 1. The molecule has 1 fully saturated rings. The molecule has 0 unspecified atom stereocenters. The van der Waals surface area contributed by atoms with Crippen LogP contribution in [0.5, 0.6) is 0 Å². The fourth-order valence-corrected chi connectivity index (χ4v) is 2.05. The summed E-state index contributed by atoms with van der Waals surface area (Å²) in [5.41, 5.74) is 0. The van der Waals surface area contributed by atoms with Crippen molar-refractivity contribution in [3.63, 3.8) is 0 Å². The van der Waals surface area contributed by atoms with Crippen molar-refractivity contribution >= 4 is 15.7 Å². The average molecular weight is 265 g/mol. The quantitative estimate of drug-likeness (QED) is 0.712. The molecule has 1 rings (SSSR count). The Hall–Kier alpha value is -0.660. The highest BCUT2D eigenvalue weighted by Crippen LogP contribution is 2.21. The molecular formula is C10H19NO5S. The maximum absolute atomic E-state index is 11.3. The van der Waals surface area contributed by atoms with Crippen molar-refractivity contribution in [1.29, 1.82) is 0 Å². The van der Waals surface area contributed by atoms with Crippen LogP contribution in [0.1, 0.15) is 19.8 Å². The molecule has 0 radical (unpaired) electrons. The van der Waals surface area contributed by atoms with Crippen molar-refractivity contribution in [2.75, 3.05) is 31.8 Å². The molecule has 0 bridgehead atoms. The zero-order valence-corrected chi connectivity index (χ0v) is 11.0. The minimum absolute atomic E-state index is 0.00272. The third kappa shape index (κ3) is 5.99. The number of sulfone groups is 1. The summed E-state index contributed by atoms with van der Waals surface area (Å²) in [6.07, 6.45) is 1.66. The van der Waals surface area contributed by atoms with Crippen LogP contribution in [0.3, 0.4) is 0 Å². The first-order valence-corrected chi connectivity index (χ1v) is 7.59. The third-order valence-corrected chi connectivity index (χ3v) is 3.45. The molecule has 1 aliphatic rings. The van der Waals surface area contributed by atoms with Crippen molar-refractivity contribution in [1.82, 2.24) is 5.32 Å². The standard InChI is InChI=1S/C10H19NO5S/c1-10(15-6-7-16-10)4-5-11-9(12)3-8-17(2,13)14/h3-8H2,1-2H3,(H,11,12). The lowest BCUT2D eigenvalue weighted by atomic mass is 10.2. The average Bonchev–Trinajstić information content (AvgIpc) is 2.61. The smallest absolute Gasteiger partial charge is 0.221 e. The number of rotatable bonds is 6. The topological polar surface area (TPSA) is 81.7 Å². The SMILES string of the molecule is CC1(CCNC(=O)CCS(C)(=O)=O)OCCO1. The predicted octanol–water partition coefficient (Wildman–Crippen LogP) is -0.310.